The molecule has 4 nitrogen and oxygen atoms in total. The zero-order valence-electron chi connectivity index (χ0n) is 10.8. The molecule has 19 heavy (non-hydrogen) atoms. The monoisotopic (exact) mass is 277 g/mol. The van der Waals surface area contributed by atoms with Gasteiger partial charge in [0.05, 0.1) is 12.3 Å². The average molecular weight is 278 g/mol. The van der Waals surface area contributed by atoms with Crippen molar-refractivity contribution in [1.29, 1.82) is 0 Å². The highest BCUT2D eigenvalue weighted by Crippen LogP contribution is 2.40. The maximum atomic E-state index is 6.13. The third kappa shape index (κ3) is 2.59. The van der Waals surface area contributed by atoms with E-state index in [9.17, 15) is 0 Å². The number of hydrogen-bond acceptors (Lipinski definition) is 3. The maximum Gasteiger partial charge on any atom is 0.229 e. The van der Waals surface area contributed by atoms with Crippen molar-refractivity contribution in [3.8, 4) is 11.4 Å². The predicted molar refractivity (Wildman–Crippen MR) is 74.1 cm³/mol. The fourth-order valence-corrected chi connectivity index (χ4v) is 2.25. The molecule has 1 fully saturated rings. The number of ether oxygens (including phenoxy) is 1. The molecule has 0 unspecified atom stereocenters. The molecule has 0 bridgehead atoms. The summed E-state index contributed by atoms with van der Waals surface area (Å²) in [6, 6.07) is 7.90. The van der Waals surface area contributed by atoms with Crippen LogP contribution in [-0.2, 0) is 0 Å². The van der Waals surface area contributed by atoms with E-state index in [1.165, 1.54) is 12.8 Å². The first-order valence-electron chi connectivity index (χ1n) is 6.63. The Bertz CT molecular complexity index is 561. The summed E-state index contributed by atoms with van der Waals surface area (Å²) in [5.41, 5.74) is 0.987. The number of benzene rings is 1. The van der Waals surface area contributed by atoms with Crippen molar-refractivity contribution in [1.82, 2.24) is 14.8 Å². The van der Waals surface area contributed by atoms with E-state index in [0.717, 1.165) is 30.3 Å². The molecule has 0 radical (unpaired) electrons. The van der Waals surface area contributed by atoms with E-state index >= 15 is 0 Å². The number of halogens is 1. The molecule has 1 aliphatic rings. The van der Waals surface area contributed by atoms with Crippen molar-refractivity contribution in [2.75, 3.05) is 6.61 Å². The first-order valence-corrected chi connectivity index (χ1v) is 7.01. The lowest BCUT2D eigenvalue weighted by atomic mass is 10.3. The van der Waals surface area contributed by atoms with Crippen LogP contribution >= 0.6 is 11.6 Å². The van der Waals surface area contributed by atoms with Crippen LogP contribution in [0, 0.1) is 0 Å². The van der Waals surface area contributed by atoms with E-state index < -0.39 is 0 Å². The highest BCUT2D eigenvalue weighted by atomic mass is 35.5. The normalized spacial score (nSPS) is 14.6. The molecule has 0 aliphatic heterocycles. The van der Waals surface area contributed by atoms with Crippen molar-refractivity contribution in [2.24, 2.45) is 0 Å². The zero-order chi connectivity index (χ0) is 13.2. The molecule has 0 amide bonds. The fourth-order valence-electron chi connectivity index (χ4n) is 2.03. The molecule has 1 aromatic heterocycles. The van der Waals surface area contributed by atoms with Crippen molar-refractivity contribution in [3.05, 3.63) is 35.4 Å². The molecule has 3 rings (SSSR count). The third-order valence-corrected chi connectivity index (χ3v) is 3.40. The van der Waals surface area contributed by atoms with Gasteiger partial charge < -0.3 is 4.74 Å². The molecule has 100 valence electrons. The van der Waals surface area contributed by atoms with Crippen LogP contribution in [0.2, 0.25) is 5.28 Å². The molecule has 1 saturated carbocycles. The predicted octanol–water partition coefficient (Wildman–Crippen LogP) is 3.59. The number of aromatic nitrogens is 3. The van der Waals surface area contributed by atoms with Crippen LogP contribution in [0.15, 0.2) is 24.3 Å². The minimum absolute atomic E-state index is 0.420. The average Bonchev–Trinajstić information content (AvgIpc) is 3.21. The molecule has 1 aromatic carbocycles. The van der Waals surface area contributed by atoms with Crippen LogP contribution in [0.3, 0.4) is 0 Å². The summed E-state index contributed by atoms with van der Waals surface area (Å²) in [6.07, 6.45) is 3.35. The van der Waals surface area contributed by atoms with Gasteiger partial charge >= 0.3 is 0 Å². The van der Waals surface area contributed by atoms with E-state index in [-0.39, 0.29) is 0 Å². The van der Waals surface area contributed by atoms with Crippen molar-refractivity contribution < 1.29 is 4.74 Å². The smallest absolute Gasteiger partial charge is 0.229 e. The summed E-state index contributed by atoms with van der Waals surface area (Å²) in [4.78, 5) is 0. The lowest BCUT2D eigenvalue weighted by molar-refractivity contribution is 0.317. The van der Waals surface area contributed by atoms with Crippen molar-refractivity contribution >= 4 is 11.6 Å². The summed E-state index contributed by atoms with van der Waals surface area (Å²) < 4.78 is 7.49. The van der Waals surface area contributed by atoms with E-state index in [2.05, 4.69) is 17.1 Å². The van der Waals surface area contributed by atoms with Gasteiger partial charge in [-0.3, -0.25) is 4.57 Å². The van der Waals surface area contributed by atoms with E-state index in [4.69, 9.17) is 16.3 Å². The summed E-state index contributed by atoms with van der Waals surface area (Å²) in [7, 11) is 0. The number of nitrogens with zero attached hydrogens (tertiary/aromatic N) is 3. The minimum atomic E-state index is 0.420. The Morgan fingerprint density at radius 3 is 2.63 bits per heavy atom. The minimum Gasteiger partial charge on any atom is -0.494 e. The third-order valence-electron chi connectivity index (χ3n) is 3.16. The number of hydrogen-bond donors (Lipinski definition) is 0. The molecule has 1 heterocycles. The van der Waals surface area contributed by atoms with Crippen molar-refractivity contribution in [2.45, 2.75) is 32.1 Å². The van der Waals surface area contributed by atoms with E-state index in [1.54, 1.807) is 0 Å². The quantitative estimate of drug-likeness (QED) is 0.838. The van der Waals surface area contributed by atoms with Gasteiger partial charge in [0.2, 0.25) is 5.28 Å². The summed E-state index contributed by atoms with van der Waals surface area (Å²) in [6.45, 7) is 2.83. The van der Waals surface area contributed by atoms with Gasteiger partial charge in [-0.2, -0.15) is 0 Å². The molecular formula is C14H16ClN3O. The second kappa shape index (κ2) is 5.21. The Balaban J connectivity index is 1.87. The SMILES string of the molecule is CCCOc1ccc(-n2c(Cl)nnc2C2CC2)cc1. The van der Waals surface area contributed by atoms with Gasteiger partial charge in [-0.1, -0.05) is 6.92 Å². The fraction of sp³-hybridized carbons (Fsp3) is 0.429. The molecule has 0 saturated heterocycles. The van der Waals surface area contributed by atoms with Gasteiger partial charge in [0.1, 0.15) is 11.6 Å². The largest absolute Gasteiger partial charge is 0.494 e. The topological polar surface area (TPSA) is 39.9 Å². The first kappa shape index (κ1) is 12.5. The molecule has 0 atom stereocenters. The van der Waals surface area contributed by atoms with E-state index in [0.29, 0.717) is 11.2 Å². The zero-order valence-corrected chi connectivity index (χ0v) is 11.6. The highest BCUT2D eigenvalue weighted by molar-refractivity contribution is 6.28. The van der Waals surface area contributed by atoms with E-state index in [1.807, 2.05) is 28.8 Å². The van der Waals surface area contributed by atoms with Gasteiger partial charge in [-0.25, -0.2) is 0 Å². The van der Waals surface area contributed by atoms with Crippen LogP contribution in [0.4, 0.5) is 0 Å². The molecule has 2 aromatic rings. The summed E-state index contributed by atoms with van der Waals surface area (Å²) >= 11 is 6.13. The van der Waals surface area contributed by atoms with Gasteiger partial charge in [0, 0.05) is 5.92 Å². The second-order valence-electron chi connectivity index (χ2n) is 4.78. The standard InChI is InChI=1S/C14H16ClN3O/c1-2-9-19-12-7-5-11(6-8-12)18-13(10-3-4-10)16-17-14(18)15/h5-8,10H,2-4,9H2,1H3. The van der Waals surface area contributed by atoms with Gasteiger partial charge in [0.15, 0.2) is 0 Å². The van der Waals surface area contributed by atoms with Gasteiger partial charge in [0.25, 0.3) is 0 Å². The highest BCUT2D eigenvalue weighted by Gasteiger charge is 2.30. The van der Waals surface area contributed by atoms with Crippen LogP contribution in [0.5, 0.6) is 5.75 Å². The molecule has 0 spiro atoms. The summed E-state index contributed by atoms with van der Waals surface area (Å²) in [5.74, 6) is 2.35. The Morgan fingerprint density at radius 1 is 1.26 bits per heavy atom. The number of rotatable bonds is 5. The Labute approximate surface area is 117 Å². The molecule has 5 heteroatoms. The molecular weight excluding hydrogens is 262 g/mol. The lowest BCUT2D eigenvalue weighted by Gasteiger charge is -2.09. The van der Waals surface area contributed by atoms with Crippen molar-refractivity contribution in [3.63, 3.8) is 0 Å². The summed E-state index contributed by atoms with van der Waals surface area (Å²) in [5, 5.41) is 8.57. The molecule has 0 N–H and O–H groups in total. The second-order valence-corrected chi connectivity index (χ2v) is 5.12. The van der Waals surface area contributed by atoms with Crippen LogP contribution in [0.1, 0.15) is 37.9 Å². The Hall–Kier alpha value is -1.55. The van der Waals surface area contributed by atoms with Crippen LogP contribution in [-0.4, -0.2) is 21.4 Å². The van der Waals surface area contributed by atoms with Gasteiger partial charge in [-0.05, 0) is 55.1 Å². The first-order chi connectivity index (χ1) is 9.29. The Morgan fingerprint density at radius 2 is 2.00 bits per heavy atom. The van der Waals surface area contributed by atoms with Crippen LogP contribution in [0.25, 0.3) is 5.69 Å². The van der Waals surface area contributed by atoms with Crippen LogP contribution < -0.4 is 4.74 Å². The van der Waals surface area contributed by atoms with Gasteiger partial charge in [-0.15, -0.1) is 10.2 Å². The lowest BCUT2D eigenvalue weighted by Crippen LogP contribution is -2.01. The Kier molecular flexibility index (Phi) is 3.42. The maximum absolute atomic E-state index is 6.13. The molecule has 1 aliphatic carbocycles.